The normalized spacial score (nSPS) is 21.9. The van der Waals surface area contributed by atoms with Gasteiger partial charge in [-0.2, -0.15) is 0 Å². The highest BCUT2D eigenvalue weighted by Gasteiger charge is 2.42. The average Bonchev–Trinajstić information content (AvgIpc) is 3.27. The fourth-order valence-electron chi connectivity index (χ4n) is 6.74. The number of piperidine rings is 1. The number of pyridine rings is 1. The molecule has 5 rings (SSSR count). The first-order valence-corrected chi connectivity index (χ1v) is 13.9. The lowest BCUT2D eigenvalue weighted by atomic mass is 9.72. The SMILES string of the molecule is CCN(CC(C)CCc1ccncc1)C(=O)[C@@H]1CC2c3cccc4c3c(cn4C(C)C)C[C@H]2N(C)C1.I. The van der Waals surface area contributed by atoms with Crippen molar-refractivity contribution in [2.75, 3.05) is 26.7 Å². The first kappa shape index (κ1) is 28.1. The predicted octanol–water partition coefficient (Wildman–Crippen LogP) is 6.31. The Balaban J connectivity index is 0.00000320. The standard InChI is InChI=1S/C31H42N4O.HI/c1-6-34(18-22(4)10-11-23-12-14-32-15-13-23)31(36)25-16-27-26-8-7-9-28-30(26)24(20-35(28)21(2)3)17-29(27)33(5)19-25;/h7-9,12-15,20-22,25,27,29H,6,10-11,16-19H2,1-5H3;1H/t22?,25-,27?,29-;/m1./s1. The van der Waals surface area contributed by atoms with Crippen LogP contribution in [0.1, 0.15) is 69.2 Å². The van der Waals surface area contributed by atoms with Gasteiger partial charge < -0.3 is 14.4 Å². The largest absolute Gasteiger partial charge is 0.345 e. The number of hydrogen-bond acceptors (Lipinski definition) is 3. The van der Waals surface area contributed by atoms with Crippen molar-refractivity contribution in [3.63, 3.8) is 0 Å². The summed E-state index contributed by atoms with van der Waals surface area (Å²) in [7, 11) is 2.23. The molecule has 2 unspecified atom stereocenters. The molecule has 2 aromatic heterocycles. The Labute approximate surface area is 239 Å². The Hall–Kier alpha value is -1.93. The molecule has 3 aromatic rings. The molecule has 4 atom stereocenters. The van der Waals surface area contributed by atoms with E-state index in [9.17, 15) is 4.79 Å². The number of aromatic nitrogens is 2. The number of hydrogen-bond donors (Lipinski definition) is 0. The highest BCUT2D eigenvalue weighted by molar-refractivity contribution is 14.0. The van der Waals surface area contributed by atoms with Gasteiger partial charge in [0.05, 0.1) is 5.92 Å². The minimum Gasteiger partial charge on any atom is -0.345 e. The molecule has 3 heterocycles. The van der Waals surface area contributed by atoms with E-state index in [1.807, 2.05) is 12.4 Å². The van der Waals surface area contributed by atoms with Crippen LogP contribution < -0.4 is 0 Å². The summed E-state index contributed by atoms with van der Waals surface area (Å²) in [6, 6.07) is 11.9. The van der Waals surface area contributed by atoms with Gasteiger partial charge in [0.1, 0.15) is 0 Å². The summed E-state index contributed by atoms with van der Waals surface area (Å²) >= 11 is 0. The summed E-state index contributed by atoms with van der Waals surface area (Å²) in [6.45, 7) is 11.4. The van der Waals surface area contributed by atoms with E-state index >= 15 is 0 Å². The van der Waals surface area contributed by atoms with Crippen LogP contribution in [0.5, 0.6) is 0 Å². The summed E-state index contributed by atoms with van der Waals surface area (Å²) in [5, 5.41) is 1.45. The van der Waals surface area contributed by atoms with Crippen molar-refractivity contribution in [3.05, 3.63) is 65.6 Å². The van der Waals surface area contributed by atoms with Crippen molar-refractivity contribution in [2.45, 2.75) is 71.4 Å². The molecule has 200 valence electrons. The summed E-state index contributed by atoms with van der Waals surface area (Å²) in [5.74, 6) is 1.29. The van der Waals surface area contributed by atoms with Crippen LogP contribution in [-0.4, -0.2) is 58.0 Å². The number of benzene rings is 1. The lowest BCUT2D eigenvalue weighted by molar-refractivity contribution is -0.138. The first-order valence-electron chi connectivity index (χ1n) is 13.9. The van der Waals surface area contributed by atoms with E-state index in [0.717, 1.165) is 45.3 Å². The third kappa shape index (κ3) is 5.60. The van der Waals surface area contributed by atoms with Gasteiger partial charge in [-0.15, -0.1) is 24.0 Å². The van der Waals surface area contributed by atoms with Crippen molar-refractivity contribution in [1.82, 2.24) is 19.4 Å². The van der Waals surface area contributed by atoms with Gasteiger partial charge in [-0.1, -0.05) is 19.1 Å². The lowest BCUT2D eigenvalue weighted by Gasteiger charge is -2.46. The molecule has 0 spiro atoms. The van der Waals surface area contributed by atoms with Crippen molar-refractivity contribution in [3.8, 4) is 0 Å². The van der Waals surface area contributed by atoms with E-state index in [-0.39, 0.29) is 29.9 Å². The molecule has 1 fully saturated rings. The molecule has 37 heavy (non-hydrogen) atoms. The van der Waals surface area contributed by atoms with Gasteiger partial charge in [-0.25, -0.2) is 0 Å². The molecule has 0 radical (unpaired) electrons. The zero-order valence-electron chi connectivity index (χ0n) is 23.1. The minimum atomic E-state index is 0. The number of aryl methyl sites for hydroxylation is 1. The lowest BCUT2D eigenvalue weighted by Crippen LogP contribution is -2.52. The summed E-state index contributed by atoms with van der Waals surface area (Å²) in [5.41, 5.74) is 5.61. The van der Waals surface area contributed by atoms with E-state index in [1.165, 1.54) is 27.6 Å². The number of carbonyl (C=O) groups is 1. The maximum atomic E-state index is 13.8. The van der Waals surface area contributed by atoms with Crippen LogP contribution in [0.2, 0.25) is 0 Å². The molecule has 6 heteroatoms. The van der Waals surface area contributed by atoms with Gasteiger partial charge in [-0.05, 0) is 94.3 Å². The minimum absolute atomic E-state index is 0. The Morgan fingerprint density at radius 2 is 1.92 bits per heavy atom. The average molecular weight is 615 g/mol. The van der Waals surface area contributed by atoms with Crippen LogP contribution in [0, 0.1) is 11.8 Å². The van der Waals surface area contributed by atoms with E-state index in [0.29, 0.717) is 29.8 Å². The second-order valence-corrected chi connectivity index (χ2v) is 11.5. The zero-order chi connectivity index (χ0) is 25.4. The van der Waals surface area contributed by atoms with Crippen molar-refractivity contribution in [2.24, 2.45) is 11.8 Å². The van der Waals surface area contributed by atoms with Gasteiger partial charge >= 0.3 is 0 Å². The fraction of sp³-hybridized carbons (Fsp3) is 0.548. The van der Waals surface area contributed by atoms with Crippen LogP contribution in [-0.2, 0) is 17.6 Å². The number of carbonyl (C=O) groups excluding carboxylic acids is 1. The van der Waals surface area contributed by atoms with Crippen molar-refractivity contribution < 1.29 is 4.79 Å². The summed E-state index contributed by atoms with van der Waals surface area (Å²) < 4.78 is 2.43. The van der Waals surface area contributed by atoms with Crippen LogP contribution in [0.4, 0.5) is 0 Å². The molecule has 0 N–H and O–H groups in total. The van der Waals surface area contributed by atoms with Gasteiger partial charge in [-0.3, -0.25) is 9.78 Å². The highest BCUT2D eigenvalue weighted by atomic mass is 127. The summed E-state index contributed by atoms with van der Waals surface area (Å²) in [4.78, 5) is 22.6. The van der Waals surface area contributed by atoms with E-state index < -0.39 is 0 Å². The first-order chi connectivity index (χ1) is 17.4. The van der Waals surface area contributed by atoms with Crippen molar-refractivity contribution >= 4 is 40.8 Å². The van der Waals surface area contributed by atoms with Crippen LogP contribution >= 0.6 is 24.0 Å². The van der Waals surface area contributed by atoms with E-state index in [2.05, 4.69) is 90.6 Å². The smallest absolute Gasteiger partial charge is 0.226 e. The number of amides is 1. The van der Waals surface area contributed by atoms with Crippen LogP contribution in [0.3, 0.4) is 0 Å². The summed E-state index contributed by atoms with van der Waals surface area (Å²) in [6.07, 6.45) is 10.3. The molecule has 2 aliphatic rings. The molecule has 1 saturated heterocycles. The van der Waals surface area contributed by atoms with Crippen LogP contribution in [0.15, 0.2) is 48.9 Å². The molecule has 1 aliphatic carbocycles. The molecular weight excluding hydrogens is 571 g/mol. The highest BCUT2D eigenvalue weighted by Crippen LogP contribution is 2.45. The van der Waals surface area contributed by atoms with Gasteiger partial charge in [0.15, 0.2) is 0 Å². The molecule has 5 nitrogen and oxygen atoms in total. The van der Waals surface area contributed by atoms with Gasteiger partial charge in [0.25, 0.3) is 0 Å². The molecular formula is C31H43IN4O. The second-order valence-electron chi connectivity index (χ2n) is 11.5. The number of fused-ring (bicyclic) bond motifs is 2. The maximum absolute atomic E-state index is 13.8. The zero-order valence-corrected chi connectivity index (χ0v) is 25.4. The third-order valence-corrected chi connectivity index (χ3v) is 8.68. The Morgan fingerprint density at radius 3 is 2.62 bits per heavy atom. The third-order valence-electron chi connectivity index (χ3n) is 8.68. The number of rotatable bonds is 8. The quantitative estimate of drug-likeness (QED) is 0.279. The van der Waals surface area contributed by atoms with E-state index in [4.69, 9.17) is 0 Å². The predicted molar refractivity (Wildman–Crippen MR) is 163 cm³/mol. The van der Waals surface area contributed by atoms with Crippen LogP contribution in [0.25, 0.3) is 10.9 Å². The second kappa shape index (κ2) is 11.9. The Morgan fingerprint density at radius 1 is 1.16 bits per heavy atom. The Kier molecular flexibility index (Phi) is 9.00. The number of halogens is 1. The molecule has 0 saturated carbocycles. The number of likely N-dealkylation sites (N-methyl/N-ethyl adjacent to an activating group) is 1. The Bertz CT molecular complexity index is 1210. The maximum Gasteiger partial charge on any atom is 0.226 e. The van der Waals surface area contributed by atoms with Gasteiger partial charge in [0, 0.05) is 67.1 Å². The van der Waals surface area contributed by atoms with E-state index in [1.54, 1.807) is 0 Å². The molecule has 1 aliphatic heterocycles. The monoisotopic (exact) mass is 614 g/mol. The number of nitrogens with zero attached hydrogens (tertiary/aromatic N) is 4. The topological polar surface area (TPSA) is 41.4 Å². The number of likely N-dealkylation sites (tertiary alicyclic amines) is 1. The van der Waals surface area contributed by atoms with Gasteiger partial charge in [0.2, 0.25) is 5.91 Å². The molecule has 1 aromatic carbocycles. The van der Waals surface area contributed by atoms with Crippen molar-refractivity contribution in [1.29, 1.82) is 0 Å². The molecule has 0 bridgehead atoms. The molecule has 1 amide bonds. The fourth-order valence-corrected chi connectivity index (χ4v) is 6.74.